The Morgan fingerprint density at radius 1 is 1.21 bits per heavy atom. The van der Waals surface area contributed by atoms with Gasteiger partial charge < -0.3 is 4.74 Å². The first kappa shape index (κ1) is 14.0. The molecule has 2 rings (SSSR count). The van der Waals surface area contributed by atoms with Crippen LogP contribution in [-0.2, 0) is 0 Å². The van der Waals surface area contributed by atoms with Gasteiger partial charge >= 0.3 is 6.61 Å². The minimum Gasteiger partial charge on any atom is -0.432 e. The summed E-state index contributed by atoms with van der Waals surface area (Å²) in [7, 11) is 0. The van der Waals surface area contributed by atoms with Crippen molar-refractivity contribution in [2.75, 3.05) is 0 Å². The predicted molar refractivity (Wildman–Crippen MR) is 72.2 cm³/mol. The highest BCUT2D eigenvalue weighted by Crippen LogP contribution is 2.32. The van der Waals surface area contributed by atoms with Crippen LogP contribution in [-0.4, -0.2) is 11.6 Å². The van der Waals surface area contributed by atoms with Gasteiger partial charge in [-0.05, 0) is 36.6 Å². The maximum atomic E-state index is 12.5. The van der Waals surface area contributed by atoms with E-state index in [1.54, 1.807) is 19.1 Å². The molecule has 0 atom stereocenters. The molecule has 0 fully saturated rings. The van der Waals surface area contributed by atoms with E-state index in [1.165, 1.54) is 0 Å². The van der Waals surface area contributed by atoms with Gasteiger partial charge in [-0.1, -0.05) is 25.4 Å². The zero-order valence-corrected chi connectivity index (χ0v) is 11.6. The van der Waals surface area contributed by atoms with Crippen LogP contribution in [0.2, 0.25) is 5.02 Å². The highest BCUT2D eigenvalue weighted by atomic mass is 35.5. The van der Waals surface area contributed by atoms with E-state index in [-0.39, 0.29) is 11.7 Å². The molecule has 0 radical (unpaired) electrons. The lowest BCUT2D eigenvalue weighted by molar-refractivity contribution is -0.0489. The van der Waals surface area contributed by atoms with Crippen molar-refractivity contribution >= 4 is 22.5 Å². The maximum Gasteiger partial charge on any atom is 0.387 e. The van der Waals surface area contributed by atoms with Crippen molar-refractivity contribution in [1.29, 1.82) is 0 Å². The lowest BCUT2D eigenvalue weighted by Crippen LogP contribution is -2.04. The predicted octanol–water partition coefficient (Wildman–Crippen LogP) is 4.92. The summed E-state index contributed by atoms with van der Waals surface area (Å²) < 4.78 is 29.5. The van der Waals surface area contributed by atoms with E-state index in [1.807, 2.05) is 19.9 Å². The van der Waals surface area contributed by atoms with Crippen molar-refractivity contribution < 1.29 is 13.5 Å². The normalized spacial score (nSPS) is 11.6. The number of ether oxygens (including phenoxy) is 1. The van der Waals surface area contributed by atoms with E-state index in [0.717, 1.165) is 5.56 Å². The molecule has 0 aliphatic rings. The molecule has 5 heteroatoms. The van der Waals surface area contributed by atoms with Gasteiger partial charge in [0.25, 0.3) is 0 Å². The Hall–Kier alpha value is -1.42. The third kappa shape index (κ3) is 2.95. The number of benzene rings is 1. The van der Waals surface area contributed by atoms with Crippen LogP contribution in [0, 0.1) is 6.92 Å². The number of hydrogen-bond acceptors (Lipinski definition) is 2. The number of aryl methyl sites for hydroxylation is 1. The van der Waals surface area contributed by atoms with Gasteiger partial charge in [-0.25, -0.2) is 4.98 Å². The van der Waals surface area contributed by atoms with Crippen molar-refractivity contribution in [3.8, 4) is 5.75 Å². The van der Waals surface area contributed by atoms with Crippen LogP contribution in [0.5, 0.6) is 5.75 Å². The van der Waals surface area contributed by atoms with Gasteiger partial charge in [0.05, 0.1) is 10.7 Å². The Kier molecular flexibility index (Phi) is 3.90. The molecule has 0 bridgehead atoms. The summed E-state index contributed by atoms with van der Waals surface area (Å²) in [4.78, 5) is 4.24. The molecular weight excluding hydrogens is 272 g/mol. The second-order valence-corrected chi connectivity index (χ2v) is 5.09. The van der Waals surface area contributed by atoms with E-state index in [9.17, 15) is 8.78 Å². The molecular formula is C14H14ClF2NO. The first-order chi connectivity index (χ1) is 8.88. The average molecular weight is 286 g/mol. The molecule has 0 aliphatic heterocycles. The molecule has 0 spiro atoms. The van der Waals surface area contributed by atoms with Gasteiger partial charge in [-0.3, -0.25) is 0 Å². The van der Waals surface area contributed by atoms with Crippen molar-refractivity contribution in [1.82, 2.24) is 4.98 Å². The van der Waals surface area contributed by atoms with Gasteiger partial charge in [0.15, 0.2) is 5.75 Å². The fourth-order valence-corrected chi connectivity index (χ4v) is 2.02. The quantitative estimate of drug-likeness (QED) is 0.798. The second-order valence-electron chi connectivity index (χ2n) is 4.68. The van der Waals surface area contributed by atoms with Crippen LogP contribution in [0.4, 0.5) is 8.78 Å². The molecule has 0 aliphatic carbocycles. The molecule has 1 aromatic carbocycles. The Labute approximate surface area is 115 Å². The fraction of sp³-hybridized carbons (Fsp3) is 0.357. The number of alkyl halides is 2. The summed E-state index contributed by atoms with van der Waals surface area (Å²) in [5.74, 6) is 0.292. The number of fused-ring (bicyclic) bond motifs is 1. The van der Waals surface area contributed by atoms with Crippen LogP contribution in [0.25, 0.3) is 10.9 Å². The molecule has 0 saturated heterocycles. The second kappa shape index (κ2) is 5.29. The maximum absolute atomic E-state index is 12.5. The number of rotatable bonds is 3. The van der Waals surface area contributed by atoms with Gasteiger partial charge in [-0.2, -0.15) is 8.78 Å². The fourth-order valence-electron chi connectivity index (χ4n) is 1.86. The van der Waals surface area contributed by atoms with E-state index in [0.29, 0.717) is 21.6 Å². The summed E-state index contributed by atoms with van der Waals surface area (Å²) in [5, 5.41) is 1.22. The van der Waals surface area contributed by atoms with Gasteiger partial charge in [0, 0.05) is 5.39 Å². The van der Waals surface area contributed by atoms with E-state index < -0.39 is 6.61 Å². The molecule has 19 heavy (non-hydrogen) atoms. The van der Waals surface area contributed by atoms with E-state index >= 15 is 0 Å². The third-order valence-electron chi connectivity index (χ3n) is 2.92. The highest BCUT2D eigenvalue weighted by Gasteiger charge is 2.14. The van der Waals surface area contributed by atoms with E-state index in [4.69, 9.17) is 11.6 Å². The zero-order chi connectivity index (χ0) is 14.2. The average Bonchev–Trinajstić information content (AvgIpc) is 2.30. The number of hydrogen-bond donors (Lipinski definition) is 0. The molecule has 0 saturated carbocycles. The van der Waals surface area contributed by atoms with Crippen LogP contribution in [0.15, 0.2) is 18.2 Å². The number of nitrogens with zero attached hydrogens (tertiary/aromatic N) is 1. The largest absolute Gasteiger partial charge is 0.432 e. The van der Waals surface area contributed by atoms with Crippen LogP contribution in [0.1, 0.15) is 31.0 Å². The van der Waals surface area contributed by atoms with Gasteiger partial charge in [0.2, 0.25) is 0 Å². The Morgan fingerprint density at radius 3 is 2.47 bits per heavy atom. The van der Waals surface area contributed by atoms with Crippen molar-refractivity contribution in [2.45, 2.75) is 33.3 Å². The highest BCUT2D eigenvalue weighted by molar-refractivity contribution is 6.31. The number of halogens is 3. The monoisotopic (exact) mass is 285 g/mol. The van der Waals surface area contributed by atoms with Crippen LogP contribution in [0.3, 0.4) is 0 Å². The molecule has 0 unspecified atom stereocenters. The first-order valence-corrected chi connectivity index (χ1v) is 6.32. The number of pyridine rings is 1. The van der Waals surface area contributed by atoms with Crippen LogP contribution >= 0.6 is 11.6 Å². The molecule has 102 valence electrons. The van der Waals surface area contributed by atoms with Crippen molar-refractivity contribution in [3.63, 3.8) is 0 Å². The van der Waals surface area contributed by atoms with Crippen molar-refractivity contribution in [3.05, 3.63) is 34.5 Å². The molecule has 0 amide bonds. The smallest absolute Gasteiger partial charge is 0.387 e. The summed E-state index contributed by atoms with van der Waals surface area (Å²) in [6, 6.07) is 5.24. The Balaban J connectivity index is 2.70. The summed E-state index contributed by atoms with van der Waals surface area (Å²) >= 11 is 6.03. The molecule has 1 heterocycles. The molecule has 0 N–H and O–H groups in total. The topological polar surface area (TPSA) is 22.1 Å². The van der Waals surface area contributed by atoms with Gasteiger partial charge in [-0.15, -0.1) is 0 Å². The van der Waals surface area contributed by atoms with E-state index in [2.05, 4.69) is 9.72 Å². The Morgan fingerprint density at radius 2 is 1.89 bits per heavy atom. The summed E-state index contributed by atoms with van der Waals surface area (Å²) in [6.07, 6.45) is 0. The number of aromatic nitrogens is 1. The third-order valence-corrected chi connectivity index (χ3v) is 3.30. The summed E-state index contributed by atoms with van der Waals surface area (Å²) in [6.45, 7) is 2.82. The zero-order valence-electron chi connectivity index (χ0n) is 10.9. The van der Waals surface area contributed by atoms with Crippen LogP contribution < -0.4 is 4.74 Å². The lowest BCUT2D eigenvalue weighted by Gasteiger charge is -2.13. The molecule has 2 nitrogen and oxygen atoms in total. The molecule has 1 aromatic heterocycles. The SMILES string of the molecule is Cc1nc2c(OC(F)F)cc(C(C)C)cc2cc1Cl. The van der Waals surface area contributed by atoms with Crippen molar-refractivity contribution in [2.24, 2.45) is 0 Å². The van der Waals surface area contributed by atoms with Gasteiger partial charge in [0.1, 0.15) is 5.52 Å². The minimum atomic E-state index is -2.87. The molecule has 2 aromatic rings. The Bertz CT molecular complexity index is 614. The minimum absolute atomic E-state index is 0.0935. The lowest BCUT2D eigenvalue weighted by atomic mass is 10.0. The standard InChI is InChI=1S/C14H14ClF2NO/c1-7(2)9-4-10-5-11(15)8(3)18-13(10)12(6-9)19-14(16)17/h4-7,14H,1-3H3. The summed E-state index contributed by atoms with van der Waals surface area (Å²) in [5.41, 5.74) is 1.90. The first-order valence-electron chi connectivity index (χ1n) is 5.94.